The zero-order valence-corrected chi connectivity index (χ0v) is 13.5. The van der Waals surface area contributed by atoms with Gasteiger partial charge >= 0.3 is 16.3 Å². The lowest BCUT2D eigenvalue weighted by Crippen LogP contribution is -2.27. The molecule has 21 heavy (non-hydrogen) atoms. The summed E-state index contributed by atoms with van der Waals surface area (Å²) in [6.07, 6.45) is -0.644. The summed E-state index contributed by atoms with van der Waals surface area (Å²) in [6, 6.07) is 4.54. The molecule has 0 aromatic heterocycles. The average Bonchev–Trinajstić information content (AvgIpc) is 2.26. The van der Waals surface area contributed by atoms with E-state index in [1.807, 2.05) is 0 Å². The number of benzene rings is 1. The van der Waals surface area contributed by atoms with Crippen LogP contribution in [0, 0.1) is 0 Å². The number of nitrogens with one attached hydrogen (secondary N) is 1. The van der Waals surface area contributed by atoms with E-state index in [-0.39, 0.29) is 11.4 Å². The second-order valence-electron chi connectivity index (χ2n) is 5.43. The Labute approximate surface area is 128 Å². The zero-order valence-electron chi connectivity index (χ0n) is 11.9. The maximum atomic E-state index is 12.4. The Bertz CT molecular complexity index is 626. The van der Waals surface area contributed by atoms with Crippen molar-refractivity contribution in [3.05, 3.63) is 28.8 Å². The van der Waals surface area contributed by atoms with Crippen LogP contribution in [0.5, 0.6) is 0 Å². The van der Waals surface area contributed by atoms with Crippen LogP contribution < -0.4 is 5.32 Å². The molecule has 0 aliphatic carbocycles. The molecule has 0 heterocycles. The molecule has 0 spiro atoms. The van der Waals surface area contributed by atoms with E-state index in [9.17, 15) is 17.1 Å². The molecule has 1 rings (SSSR count). The second-order valence-corrected chi connectivity index (χ2v) is 7.33. The van der Waals surface area contributed by atoms with Gasteiger partial charge in [0.05, 0.1) is 16.5 Å². The van der Waals surface area contributed by atoms with Crippen LogP contribution in [-0.4, -0.2) is 25.9 Å². The van der Waals surface area contributed by atoms with Gasteiger partial charge in [-0.3, -0.25) is 5.32 Å². The van der Waals surface area contributed by atoms with Crippen LogP contribution in [0.25, 0.3) is 0 Å². The minimum Gasteiger partial charge on any atom is -0.444 e. The van der Waals surface area contributed by atoms with Crippen molar-refractivity contribution in [2.24, 2.45) is 0 Å². The van der Waals surface area contributed by atoms with Crippen molar-refractivity contribution >= 4 is 33.6 Å². The van der Waals surface area contributed by atoms with Crippen LogP contribution in [0.2, 0.25) is 5.02 Å². The Morgan fingerprint density at radius 1 is 1.38 bits per heavy atom. The SMILES string of the molecule is CC(C)(C)OC(=O)Nc1ccc(CCS(=O)(=O)F)cc1Cl. The maximum Gasteiger partial charge on any atom is 0.412 e. The van der Waals surface area contributed by atoms with E-state index in [0.717, 1.165) is 0 Å². The zero-order chi connectivity index (χ0) is 16.3. The third kappa shape index (κ3) is 7.29. The highest BCUT2D eigenvalue weighted by atomic mass is 35.5. The molecule has 0 fully saturated rings. The van der Waals surface area contributed by atoms with E-state index in [4.69, 9.17) is 16.3 Å². The lowest BCUT2D eigenvalue weighted by atomic mass is 10.1. The maximum absolute atomic E-state index is 12.4. The number of ether oxygens (including phenoxy) is 1. The molecule has 0 aliphatic rings. The van der Waals surface area contributed by atoms with Crippen molar-refractivity contribution in [3.63, 3.8) is 0 Å². The van der Waals surface area contributed by atoms with Gasteiger partial charge in [-0.25, -0.2) is 4.79 Å². The Hall–Kier alpha value is -1.34. The summed E-state index contributed by atoms with van der Waals surface area (Å²) in [7, 11) is -4.52. The van der Waals surface area contributed by atoms with Gasteiger partial charge in [0.25, 0.3) is 0 Å². The minimum atomic E-state index is -4.52. The van der Waals surface area contributed by atoms with E-state index in [0.29, 0.717) is 11.3 Å². The molecule has 1 N–H and O–H groups in total. The van der Waals surface area contributed by atoms with Crippen molar-refractivity contribution in [3.8, 4) is 0 Å². The van der Waals surface area contributed by atoms with Crippen LogP contribution in [0.3, 0.4) is 0 Å². The van der Waals surface area contributed by atoms with Gasteiger partial charge in [0.2, 0.25) is 0 Å². The first-order valence-corrected chi connectivity index (χ1v) is 8.10. The number of hydrogen-bond donors (Lipinski definition) is 1. The fraction of sp³-hybridized carbons (Fsp3) is 0.462. The van der Waals surface area contributed by atoms with Crippen molar-refractivity contribution in [2.75, 3.05) is 11.1 Å². The molecule has 0 atom stereocenters. The van der Waals surface area contributed by atoms with Gasteiger partial charge in [-0.15, -0.1) is 3.89 Å². The van der Waals surface area contributed by atoms with Crippen LogP contribution in [0.4, 0.5) is 14.4 Å². The lowest BCUT2D eigenvalue weighted by Gasteiger charge is -2.20. The Balaban J connectivity index is 2.72. The molecule has 1 aromatic rings. The van der Waals surface area contributed by atoms with E-state index in [1.54, 1.807) is 26.8 Å². The predicted molar refractivity (Wildman–Crippen MR) is 79.9 cm³/mol. The molecule has 8 heteroatoms. The molecule has 1 amide bonds. The van der Waals surface area contributed by atoms with Gasteiger partial charge in [-0.2, -0.15) is 8.42 Å². The molecule has 0 radical (unpaired) electrons. The third-order valence-corrected chi connectivity index (χ3v) is 3.31. The van der Waals surface area contributed by atoms with Crippen LogP contribution in [-0.2, 0) is 21.4 Å². The van der Waals surface area contributed by atoms with Gasteiger partial charge in [-0.1, -0.05) is 17.7 Å². The fourth-order valence-electron chi connectivity index (χ4n) is 1.47. The fourth-order valence-corrected chi connectivity index (χ4v) is 2.20. The number of aryl methyl sites for hydroxylation is 1. The number of carbonyl (C=O) groups excluding carboxylic acids is 1. The van der Waals surface area contributed by atoms with Gasteiger partial charge < -0.3 is 4.74 Å². The molecule has 0 aliphatic heterocycles. The topological polar surface area (TPSA) is 72.5 Å². The summed E-state index contributed by atoms with van der Waals surface area (Å²) in [5, 5.41) is 2.70. The smallest absolute Gasteiger partial charge is 0.412 e. The largest absolute Gasteiger partial charge is 0.444 e. The number of carbonyl (C=O) groups is 1. The number of amides is 1. The monoisotopic (exact) mass is 337 g/mol. The molecular weight excluding hydrogens is 321 g/mol. The van der Waals surface area contributed by atoms with Crippen LogP contribution in [0.1, 0.15) is 26.3 Å². The first-order chi connectivity index (χ1) is 9.46. The van der Waals surface area contributed by atoms with Crippen LogP contribution >= 0.6 is 11.6 Å². The lowest BCUT2D eigenvalue weighted by molar-refractivity contribution is 0.0636. The van der Waals surface area contributed by atoms with E-state index in [1.165, 1.54) is 12.1 Å². The van der Waals surface area contributed by atoms with Gasteiger partial charge in [0.1, 0.15) is 5.60 Å². The molecule has 0 unspecified atom stereocenters. The molecular formula is C13H17ClFNO4S. The van der Waals surface area contributed by atoms with Crippen molar-refractivity contribution in [1.82, 2.24) is 0 Å². The summed E-state index contributed by atoms with van der Waals surface area (Å²) < 4.78 is 38.5. The normalized spacial score (nSPS) is 12.0. The van der Waals surface area contributed by atoms with Crippen molar-refractivity contribution in [1.29, 1.82) is 0 Å². The summed E-state index contributed by atoms with van der Waals surface area (Å²) in [6.45, 7) is 5.19. The Kier molecular flexibility index (Phi) is 5.58. The molecule has 0 saturated heterocycles. The van der Waals surface area contributed by atoms with E-state index < -0.39 is 27.7 Å². The number of hydrogen-bond acceptors (Lipinski definition) is 4. The quantitative estimate of drug-likeness (QED) is 0.853. The number of halogens is 2. The van der Waals surface area contributed by atoms with Crippen molar-refractivity contribution < 1.29 is 21.8 Å². The second kappa shape index (κ2) is 6.62. The van der Waals surface area contributed by atoms with E-state index >= 15 is 0 Å². The van der Waals surface area contributed by atoms with E-state index in [2.05, 4.69) is 5.32 Å². The first-order valence-electron chi connectivity index (χ1n) is 6.17. The van der Waals surface area contributed by atoms with Gasteiger partial charge in [0, 0.05) is 0 Å². The summed E-state index contributed by atoms with van der Waals surface area (Å²) >= 11 is 5.98. The minimum absolute atomic E-state index is 0.00523. The third-order valence-electron chi connectivity index (χ3n) is 2.30. The van der Waals surface area contributed by atoms with Crippen LogP contribution in [0.15, 0.2) is 18.2 Å². The number of anilines is 1. The highest BCUT2D eigenvalue weighted by Gasteiger charge is 2.17. The van der Waals surface area contributed by atoms with Gasteiger partial charge in [-0.05, 0) is 44.9 Å². The molecule has 5 nitrogen and oxygen atoms in total. The Morgan fingerprint density at radius 3 is 2.48 bits per heavy atom. The molecule has 1 aromatic carbocycles. The van der Waals surface area contributed by atoms with Crippen molar-refractivity contribution in [2.45, 2.75) is 32.8 Å². The highest BCUT2D eigenvalue weighted by molar-refractivity contribution is 7.86. The molecule has 0 saturated carbocycles. The predicted octanol–water partition coefficient (Wildman–Crippen LogP) is 3.53. The Morgan fingerprint density at radius 2 is 2.00 bits per heavy atom. The van der Waals surface area contributed by atoms with Gasteiger partial charge in [0.15, 0.2) is 0 Å². The summed E-state index contributed by atoms with van der Waals surface area (Å²) in [4.78, 5) is 11.6. The number of rotatable bonds is 4. The first kappa shape index (κ1) is 17.7. The molecule has 0 bridgehead atoms. The molecule has 118 valence electrons. The summed E-state index contributed by atoms with van der Waals surface area (Å²) in [5.41, 5.74) is 0.250. The highest BCUT2D eigenvalue weighted by Crippen LogP contribution is 2.24. The average molecular weight is 338 g/mol. The summed E-state index contributed by atoms with van der Waals surface area (Å²) in [5.74, 6) is -0.609. The standard InChI is InChI=1S/C13H17ClFNO4S/c1-13(2,3)20-12(17)16-11-5-4-9(8-10(11)14)6-7-21(15,18)19/h4-5,8H,6-7H2,1-3H3,(H,16,17).